The summed E-state index contributed by atoms with van der Waals surface area (Å²) in [5.41, 5.74) is 0. The molecule has 1 heterocycles. The van der Waals surface area contributed by atoms with E-state index in [0.29, 0.717) is 0 Å². The largest absolute Gasteiger partial charge is 0.316 e. The van der Waals surface area contributed by atoms with Crippen molar-refractivity contribution in [3.63, 3.8) is 0 Å². The molecule has 0 radical (unpaired) electrons. The van der Waals surface area contributed by atoms with Crippen LogP contribution in [0.25, 0.3) is 0 Å². The van der Waals surface area contributed by atoms with Gasteiger partial charge in [-0.2, -0.15) is 0 Å². The molecule has 2 aliphatic rings. The van der Waals surface area contributed by atoms with Crippen LogP contribution in [0.2, 0.25) is 0 Å². The summed E-state index contributed by atoms with van der Waals surface area (Å²) in [5, 5.41) is 3.48. The van der Waals surface area contributed by atoms with Crippen molar-refractivity contribution in [2.75, 3.05) is 13.1 Å². The van der Waals surface area contributed by atoms with E-state index in [9.17, 15) is 0 Å². The number of piperidine rings is 1. The van der Waals surface area contributed by atoms with Gasteiger partial charge in [0.1, 0.15) is 0 Å². The van der Waals surface area contributed by atoms with E-state index in [1.54, 1.807) is 0 Å². The molecule has 0 aromatic heterocycles. The third-order valence-corrected chi connectivity index (χ3v) is 3.15. The SMILES string of the molecule is C1CC([C@@H]2CCCNC2)C1. The molecule has 0 amide bonds. The Hall–Kier alpha value is -0.0400. The molecule has 1 nitrogen and oxygen atoms in total. The Morgan fingerprint density at radius 3 is 2.20 bits per heavy atom. The maximum absolute atomic E-state index is 3.48. The van der Waals surface area contributed by atoms with Crippen molar-refractivity contribution < 1.29 is 0 Å². The van der Waals surface area contributed by atoms with Gasteiger partial charge in [0.05, 0.1) is 0 Å². The number of rotatable bonds is 1. The van der Waals surface area contributed by atoms with Crippen LogP contribution in [0.1, 0.15) is 32.1 Å². The van der Waals surface area contributed by atoms with E-state index in [1.807, 2.05) is 0 Å². The van der Waals surface area contributed by atoms with E-state index < -0.39 is 0 Å². The van der Waals surface area contributed by atoms with Crippen molar-refractivity contribution in [3.05, 3.63) is 0 Å². The van der Waals surface area contributed by atoms with Crippen LogP contribution < -0.4 is 5.32 Å². The van der Waals surface area contributed by atoms with Crippen LogP contribution in [0, 0.1) is 11.8 Å². The Kier molecular flexibility index (Phi) is 1.94. The minimum Gasteiger partial charge on any atom is -0.316 e. The molecule has 0 unspecified atom stereocenters. The third kappa shape index (κ3) is 1.20. The fraction of sp³-hybridized carbons (Fsp3) is 1.00. The van der Waals surface area contributed by atoms with Gasteiger partial charge in [-0.3, -0.25) is 0 Å². The van der Waals surface area contributed by atoms with E-state index in [2.05, 4.69) is 5.32 Å². The van der Waals surface area contributed by atoms with E-state index in [4.69, 9.17) is 0 Å². The van der Waals surface area contributed by atoms with Crippen LogP contribution in [-0.4, -0.2) is 13.1 Å². The average molecular weight is 139 g/mol. The van der Waals surface area contributed by atoms with Gasteiger partial charge in [0, 0.05) is 0 Å². The lowest BCUT2D eigenvalue weighted by Crippen LogP contribution is -2.36. The molecule has 1 saturated carbocycles. The maximum atomic E-state index is 3.48. The van der Waals surface area contributed by atoms with Gasteiger partial charge in [-0.15, -0.1) is 0 Å². The highest BCUT2D eigenvalue weighted by Crippen LogP contribution is 2.36. The second-order valence-electron chi connectivity index (χ2n) is 3.80. The lowest BCUT2D eigenvalue weighted by Gasteiger charge is -2.36. The maximum Gasteiger partial charge on any atom is -0.00179 e. The topological polar surface area (TPSA) is 12.0 Å². The minimum atomic E-state index is 1.04. The standard InChI is InChI=1S/C9H17N/c1-3-8(4-1)9-5-2-6-10-7-9/h8-10H,1-7H2/t9-/m1/s1. The van der Waals surface area contributed by atoms with Gasteiger partial charge < -0.3 is 5.32 Å². The Balaban J connectivity index is 1.78. The molecule has 0 aromatic rings. The van der Waals surface area contributed by atoms with E-state index in [1.165, 1.54) is 45.2 Å². The van der Waals surface area contributed by atoms with Crippen molar-refractivity contribution in [2.45, 2.75) is 32.1 Å². The summed E-state index contributed by atoms with van der Waals surface area (Å²) in [6.07, 6.45) is 7.46. The highest BCUT2D eigenvalue weighted by atomic mass is 14.9. The van der Waals surface area contributed by atoms with Gasteiger partial charge >= 0.3 is 0 Å². The Morgan fingerprint density at radius 2 is 1.70 bits per heavy atom. The molecule has 58 valence electrons. The Morgan fingerprint density at radius 1 is 0.900 bits per heavy atom. The second-order valence-corrected chi connectivity index (χ2v) is 3.80. The molecule has 1 aliphatic carbocycles. The van der Waals surface area contributed by atoms with E-state index >= 15 is 0 Å². The Bertz CT molecular complexity index is 101. The first-order chi connectivity index (χ1) is 4.97. The highest BCUT2D eigenvalue weighted by molar-refractivity contribution is 4.81. The quantitative estimate of drug-likeness (QED) is 0.584. The van der Waals surface area contributed by atoms with Crippen molar-refractivity contribution in [1.29, 1.82) is 0 Å². The van der Waals surface area contributed by atoms with Crippen LogP contribution in [-0.2, 0) is 0 Å². The van der Waals surface area contributed by atoms with Crippen molar-refractivity contribution in [2.24, 2.45) is 11.8 Å². The van der Waals surface area contributed by atoms with Gasteiger partial charge in [0.15, 0.2) is 0 Å². The first-order valence-corrected chi connectivity index (χ1v) is 4.67. The zero-order chi connectivity index (χ0) is 6.81. The molecule has 1 atom stereocenters. The summed E-state index contributed by atoms with van der Waals surface area (Å²) < 4.78 is 0. The summed E-state index contributed by atoms with van der Waals surface area (Å²) in [4.78, 5) is 0. The minimum absolute atomic E-state index is 1.04. The van der Waals surface area contributed by atoms with Crippen LogP contribution in [0.15, 0.2) is 0 Å². The number of hydrogen-bond donors (Lipinski definition) is 1. The van der Waals surface area contributed by atoms with E-state index in [0.717, 1.165) is 11.8 Å². The average Bonchev–Trinajstić information content (AvgIpc) is 1.86. The first kappa shape index (κ1) is 6.66. The van der Waals surface area contributed by atoms with Gasteiger partial charge in [-0.05, 0) is 37.8 Å². The normalized spacial score (nSPS) is 35.4. The lowest BCUT2D eigenvalue weighted by molar-refractivity contribution is 0.173. The molecule has 2 rings (SSSR count). The second kappa shape index (κ2) is 2.91. The first-order valence-electron chi connectivity index (χ1n) is 4.67. The molecule has 0 spiro atoms. The fourth-order valence-corrected chi connectivity index (χ4v) is 2.19. The molecule has 1 heteroatoms. The van der Waals surface area contributed by atoms with Gasteiger partial charge in [-0.25, -0.2) is 0 Å². The summed E-state index contributed by atoms with van der Waals surface area (Å²) in [5.74, 6) is 2.15. The molecule has 1 N–H and O–H groups in total. The van der Waals surface area contributed by atoms with Crippen molar-refractivity contribution in [3.8, 4) is 0 Å². The smallest absolute Gasteiger partial charge is 0.00179 e. The molecule has 2 fully saturated rings. The van der Waals surface area contributed by atoms with Crippen LogP contribution >= 0.6 is 0 Å². The monoisotopic (exact) mass is 139 g/mol. The summed E-state index contributed by atoms with van der Waals surface area (Å²) in [6.45, 7) is 2.58. The van der Waals surface area contributed by atoms with E-state index in [-0.39, 0.29) is 0 Å². The molecule has 0 bridgehead atoms. The number of hydrogen-bond acceptors (Lipinski definition) is 1. The fourth-order valence-electron chi connectivity index (χ4n) is 2.19. The van der Waals surface area contributed by atoms with Crippen LogP contribution in [0.4, 0.5) is 0 Å². The molecule has 0 aromatic carbocycles. The Labute approximate surface area is 63.2 Å². The van der Waals surface area contributed by atoms with Crippen molar-refractivity contribution in [1.82, 2.24) is 5.32 Å². The summed E-state index contributed by atoms with van der Waals surface area (Å²) in [7, 11) is 0. The molecular weight excluding hydrogens is 122 g/mol. The predicted molar refractivity (Wildman–Crippen MR) is 42.9 cm³/mol. The summed E-state index contributed by atoms with van der Waals surface area (Å²) in [6, 6.07) is 0. The summed E-state index contributed by atoms with van der Waals surface area (Å²) >= 11 is 0. The molecule has 1 aliphatic heterocycles. The highest BCUT2D eigenvalue weighted by Gasteiger charge is 2.27. The van der Waals surface area contributed by atoms with Gasteiger partial charge in [0.2, 0.25) is 0 Å². The van der Waals surface area contributed by atoms with Gasteiger partial charge in [0.25, 0.3) is 0 Å². The molecule has 1 saturated heterocycles. The van der Waals surface area contributed by atoms with Crippen LogP contribution in [0.3, 0.4) is 0 Å². The third-order valence-electron chi connectivity index (χ3n) is 3.15. The molecule has 10 heavy (non-hydrogen) atoms. The molecular formula is C9H17N. The zero-order valence-electron chi connectivity index (χ0n) is 6.60. The predicted octanol–water partition coefficient (Wildman–Crippen LogP) is 1.79. The lowest BCUT2D eigenvalue weighted by atomic mass is 9.73. The van der Waals surface area contributed by atoms with Crippen molar-refractivity contribution >= 4 is 0 Å². The van der Waals surface area contributed by atoms with Gasteiger partial charge in [-0.1, -0.05) is 19.3 Å². The number of nitrogens with one attached hydrogen (secondary N) is 1. The van der Waals surface area contributed by atoms with Crippen LogP contribution in [0.5, 0.6) is 0 Å². The zero-order valence-corrected chi connectivity index (χ0v) is 6.60.